The molecule has 0 bridgehead atoms. The fourth-order valence-corrected chi connectivity index (χ4v) is 0.313. The van der Waals surface area contributed by atoms with Crippen LogP contribution in [0.15, 0.2) is 22.5 Å². The van der Waals surface area contributed by atoms with E-state index in [-0.39, 0.29) is 6.04 Å². The average Bonchev–Trinajstić information content (AvgIpc) is 1.89. The Morgan fingerprint density at radius 1 is 1.40 bits per heavy atom. The molecule has 6 nitrogen and oxygen atoms in total. The third-order valence-corrected chi connectivity index (χ3v) is 0.717. The van der Waals surface area contributed by atoms with Gasteiger partial charge in [-0.1, -0.05) is 23.2 Å². The van der Waals surface area contributed by atoms with Crippen LogP contribution in [-0.4, -0.2) is 6.04 Å². The summed E-state index contributed by atoms with van der Waals surface area (Å²) in [4.78, 5) is 5.02. The molecule has 0 saturated carbocycles. The van der Waals surface area contributed by atoms with Crippen LogP contribution in [0.25, 0.3) is 20.9 Å². The molecular formula is C4H6N6. The summed E-state index contributed by atoms with van der Waals surface area (Å²) in [5, 5.41) is 6.42. The molecule has 0 aromatic heterocycles. The van der Waals surface area contributed by atoms with Crippen LogP contribution in [0.5, 0.6) is 0 Å². The maximum absolute atomic E-state index is 7.91. The zero-order valence-corrected chi connectivity index (χ0v) is 5.42. The average molecular weight is 138 g/mol. The van der Waals surface area contributed by atoms with Crippen LogP contribution in [0.2, 0.25) is 0 Å². The van der Waals surface area contributed by atoms with Gasteiger partial charge in [-0.15, -0.1) is 0 Å². The number of azide groups is 2. The molecule has 1 atom stereocenters. The molecular weight excluding hydrogens is 132 g/mol. The third-order valence-electron chi connectivity index (χ3n) is 0.717. The Bertz CT molecular complexity index is 206. The smallest absolute Gasteiger partial charge is 0.0528 e. The second-order valence-electron chi connectivity index (χ2n) is 1.49. The van der Waals surface area contributed by atoms with Crippen molar-refractivity contribution in [2.45, 2.75) is 13.0 Å². The maximum atomic E-state index is 7.91. The van der Waals surface area contributed by atoms with E-state index in [2.05, 4.69) is 20.1 Å². The van der Waals surface area contributed by atoms with Crippen molar-refractivity contribution in [3.63, 3.8) is 0 Å². The molecule has 0 N–H and O–H groups in total. The molecule has 0 aromatic rings. The summed E-state index contributed by atoms with van der Waals surface area (Å²) in [6, 6.07) is -0.268. The molecule has 10 heavy (non-hydrogen) atoms. The van der Waals surface area contributed by atoms with E-state index in [0.29, 0.717) is 0 Å². The molecule has 0 rings (SSSR count). The van der Waals surface area contributed by atoms with Gasteiger partial charge in [0, 0.05) is 9.82 Å². The second kappa shape index (κ2) is 5.50. The maximum Gasteiger partial charge on any atom is 0.0528 e. The summed E-state index contributed by atoms with van der Waals surface area (Å²) in [7, 11) is 0. The SMILES string of the molecule is CC(/C=C/N=[N+]=[N-])N=[N+]=[N-]. The minimum absolute atomic E-state index is 0.268. The van der Waals surface area contributed by atoms with E-state index in [9.17, 15) is 0 Å². The standard InChI is InChI=1S/C4H6N6/c1-4(8-10-6)2-3-7-9-5/h2-4H,1H3/b3-2+. The second-order valence-corrected chi connectivity index (χ2v) is 1.49. The summed E-state index contributed by atoms with van der Waals surface area (Å²) in [5.41, 5.74) is 15.7. The number of hydrogen-bond acceptors (Lipinski definition) is 2. The van der Waals surface area contributed by atoms with Crippen molar-refractivity contribution in [3.05, 3.63) is 33.2 Å². The normalized spacial score (nSPS) is 11.7. The molecule has 0 radical (unpaired) electrons. The van der Waals surface area contributed by atoms with E-state index in [1.807, 2.05) is 0 Å². The minimum Gasteiger partial charge on any atom is -0.0868 e. The Morgan fingerprint density at radius 2 is 2.10 bits per heavy atom. The molecule has 0 spiro atoms. The van der Waals surface area contributed by atoms with Gasteiger partial charge in [0.15, 0.2) is 0 Å². The molecule has 0 aliphatic heterocycles. The van der Waals surface area contributed by atoms with Gasteiger partial charge in [0.25, 0.3) is 0 Å². The zero-order valence-electron chi connectivity index (χ0n) is 5.42. The molecule has 6 heteroatoms. The van der Waals surface area contributed by atoms with Gasteiger partial charge in [-0.2, -0.15) is 0 Å². The van der Waals surface area contributed by atoms with Gasteiger partial charge in [-0.05, 0) is 17.3 Å². The summed E-state index contributed by atoms with van der Waals surface area (Å²) in [6.07, 6.45) is 2.75. The first-order valence-corrected chi connectivity index (χ1v) is 2.56. The molecule has 0 fully saturated rings. The van der Waals surface area contributed by atoms with Gasteiger partial charge in [-0.3, -0.25) is 0 Å². The van der Waals surface area contributed by atoms with Crippen LogP contribution in [-0.2, 0) is 0 Å². The van der Waals surface area contributed by atoms with Crippen molar-refractivity contribution in [1.29, 1.82) is 0 Å². The Balaban J connectivity index is 3.88. The summed E-state index contributed by atoms with van der Waals surface area (Å²) >= 11 is 0. The molecule has 0 aromatic carbocycles. The quantitative estimate of drug-likeness (QED) is 0.325. The van der Waals surface area contributed by atoms with Crippen LogP contribution in [0.4, 0.5) is 0 Å². The molecule has 0 saturated heterocycles. The van der Waals surface area contributed by atoms with Crippen molar-refractivity contribution in [2.75, 3.05) is 0 Å². The lowest BCUT2D eigenvalue weighted by Gasteiger charge is -1.88. The van der Waals surface area contributed by atoms with Gasteiger partial charge in [0.05, 0.1) is 6.04 Å². The highest BCUT2D eigenvalue weighted by molar-refractivity contribution is 4.89. The van der Waals surface area contributed by atoms with Crippen LogP contribution in [0, 0.1) is 0 Å². The number of rotatable bonds is 3. The summed E-state index contributed by atoms with van der Waals surface area (Å²) < 4.78 is 0. The van der Waals surface area contributed by atoms with Crippen LogP contribution >= 0.6 is 0 Å². The third kappa shape index (κ3) is 4.52. The highest BCUT2D eigenvalue weighted by Crippen LogP contribution is 1.91. The largest absolute Gasteiger partial charge is 0.0868 e. The Labute approximate surface area is 57.4 Å². The van der Waals surface area contributed by atoms with E-state index >= 15 is 0 Å². The summed E-state index contributed by atoms with van der Waals surface area (Å²) in [5.74, 6) is 0. The van der Waals surface area contributed by atoms with Crippen molar-refractivity contribution < 1.29 is 0 Å². The van der Waals surface area contributed by atoms with Crippen molar-refractivity contribution in [2.24, 2.45) is 10.2 Å². The fraction of sp³-hybridized carbons (Fsp3) is 0.500. The van der Waals surface area contributed by atoms with Gasteiger partial charge in [0.1, 0.15) is 0 Å². The lowest BCUT2D eigenvalue weighted by Crippen LogP contribution is -1.86. The molecule has 1 unspecified atom stereocenters. The van der Waals surface area contributed by atoms with Crippen LogP contribution < -0.4 is 0 Å². The highest BCUT2D eigenvalue weighted by Gasteiger charge is 1.86. The monoisotopic (exact) mass is 138 g/mol. The number of hydrogen-bond donors (Lipinski definition) is 0. The van der Waals surface area contributed by atoms with Gasteiger partial charge >= 0.3 is 0 Å². The van der Waals surface area contributed by atoms with E-state index in [1.165, 1.54) is 12.3 Å². The minimum atomic E-state index is -0.268. The summed E-state index contributed by atoms with van der Waals surface area (Å²) in [6.45, 7) is 1.68. The molecule has 0 aliphatic rings. The highest BCUT2D eigenvalue weighted by atomic mass is 15.1. The van der Waals surface area contributed by atoms with Crippen molar-refractivity contribution in [1.82, 2.24) is 0 Å². The van der Waals surface area contributed by atoms with E-state index < -0.39 is 0 Å². The fourth-order valence-electron chi connectivity index (χ4n) is 0.313. The van der Waals surface area contributed by atoms with Crippen LogP contribution in [0.3, 0.4) is 0 Å². The number of nitrogens with zero attached hydrogens (tertiary/aromatic N) is 6. The van der Waals surface area contributed by atoms with Crippen LogP contribution in [0.1, 0.15) is 6.92 Å². The van der Waals surface area contributed by atoms with E-state index in [0.717, 1.165) is 0 Å². The van der Waals surface area contributed by atoms with Gasteiger partial charge in [-0.25, -0.2) is 0 Å². The molecule has 0 aliphatic carbocycles. The molecule has 0 amide bonds. The Kier molecular flexibility index (Phi) is 4.59. The first kappa shape index (κ1) is 8.36. The van der Waals surface area contributed by atoms with Gasteiger partial charge in [0.2, 0.25) is 0 Å². The molecule has 52 valence electrons. The Morgan fingerprint density at radius 3 is 2.60 bits per heavy atom. The zero-order chi connectivity index (χ0) is 7.82. The first-order valence-electron chi connectivity index (χ1n) is 2.56. The lowest BCUT2D eigenvalue weighted by molar-refractivity contribution is 0.908. The lowest BCUT2D eigenvalue weighted by atomic mass is 10.4. The Hall–Kier alpha value is -1.64. The predicted octanol–water partition coefficient (Wildman–Crippen LogP) is 2.51. The molecule has 0 heterocycles. The van der Waals surface area contributed by atoms with Crippen molar-refractivity contribution >= 4 is 0 Å². The first-order chi connectivity index (χ1) is 4.81. The predicted molar refractivity (Wildman–Crippen MR) is 36.9 cm³/mol. The van der Waals surface area contributed by atoms with E-state index in [1.54, 1.807) is 6.92 Å². The van der Waals surface area contributed by atoms with Crippen molar-refractivity contribution in [3.8, 4) is 0 Å². The topological polar surface area (TPSA) is 97.5 Å². The van der Waals surface area contributed by atoms with Gasteiger partial charge < -0.3 is 0 Å². The van der Waals surface area contributed by atoms with E-state index in [4.69, 9.17) is 11.1 Å².